The number of ether oxygens (including phenoxy) is 1. The molecular formula is C14H29NO. The molecule has 0 heterocycles. The molecule has 1 fully saturated rings. The summed E-state index contributed by atoms with van der Waals surface area (Å²) in [5, 5.41) is 3.34. The Labute approximate surface area is 101 Å². The number of hydrogen-bond acceptors (Lipinski definition) is 2. The molecule has 0 bridgehead atoms. The van der Waals surface area contributed by atoms with Crippen molar-refractivity contribution in [2.24, 2.45) is 11.8 Å². The van der Waals surface area contributed by atoms with E-state index in [2.05, 4.69) is 26.1 Å². The number of nitrogens with one attached hydrogen (secondary N) is 1. The first-order valence-corrected chi connectivity index (χ1v) is 7.06. The summed E-state index contributed by atoms with van der Waals surface area (Å²) in [5.74, 6) is 1.74. The predicted molar refractivity (Wildman–Crippen MR) is 69.7 cm³/mol. The van der Waals surface area contributed by atoms with Crippen LogP contribution >= 0.6 is 0 Å². The molecule has 0 radical (unpaired) electrons. The predicted octanol–water partition coefficient (Wildman–Crippen LogP) is 3.22. The molecule has 2 heteroatoms. The monoisotopic (exact) mass is 227 g/mol. The molecule has 96 valence electrons. The normalized spacial score (nSPS) is 30.6. The summed E-state index contributed by atoms with van der Waals surface area (Å²) in [6.07, 6.45) is 6.89. The highest BCUT2D eigenvalue weighted by Gasteiger charge is 2.24. The van der Waals surface area contributed by atoms with Crippen molar-refractivity contribution in [2.75, 3.05) is 19.7 Å². The molecule has 1 aliphatic carbocycles. The van der Waals surface area contributed by atoms with Gasteiger partial charge in [0.05, 0.1) is 6.10 Å². The van der Waals surface area contributed by atoms with Crippen LogP contribution in [0, 0.1) is 11.8 Å². The highest BCUT2D eigenvalue weighted by Crippen LogP contribution is 2.30. The van der Waals surface area contributed by atoms with E-state index >= 15 is 0 Å². The quantitative estimate of drug-likeness (QED) is 0.674. The molecule has 3 atom stereocenters. The lowest BCUT2D eigenvalue weighted by molar-refractivity contribution is 0.00120. The zero-order chi connectivity index (χ0) is 11.8. The molecular weight excluding hydrogens is 198 g/mol. The van der Waals surface area contributed by atoms with Gasteiger partial charge in [0.1, 0.15) is 0 Å². The van der Waals surface area contributed by atoms with Gasteiger partial charge in [0, 0.05) is 6.61 Å². The van der Waals surface area contributed by atoms with Gasteiger partial charge in [-0.2, -0.15) is 0 Å². The molecule has 0 aromatic heterocycles. The summed E-state index contributed by atoms with van der Waals surface area (Å²) in [6, 6.07) is 0. The molecule has 0 saturated heterocycles. The van der Waals surface area contributed by atoms with Crippen molar-refractivity contribution in [3.05, 3.63) is 0 Å². The highest BCUT2D eigenvalue weighted by molar-refractivity contribution is 4.75. The first kappa shape index (κ1) is 14.0. The molecule has 0 aliphatic heterocycles. The van der Waals surface area contributed by atoms with E-state index in [4.69, 9.17) is 4.74 Å². The summed E-state index contributed by atoms with van der Waals surface area (Å²) in [6.45, 7) is 10.1. The van der Waals surface area contributed by atoms with Crippen LogP contribution in [0.5, 0.6) is 0 Å². The highest BCUT2D eigenvalue weighted by atomic mass is 16.5. The van der Waals surface area contributed by atoms with Crippen LogP contribution in [0.4, 0.5) is 0 Å². The molecule has 2 nitrogen and oxygen atoms in total. The molecule has 0 amide bonds. The van der Waals surface area contributed by atoms with Crippen LogP contribution in [0.1, 0.15) is 52.9 Å². The van der Waals surface area contributed by atoms with E-state index in [1.807, 2.05) is 0 Å². The smallest absolute Gasteiger partial charge is 0.0577 e. The Balaban J connectivity index is 1.97. The Morgan fingerprint density at radius 2 is 1.94 bits per heavy atom. The van der Waals surface area contributed by atoms with E-state index in [1.165, 1.54) is 32.1 Å². The van der Waals surface area contributed by atoms with Gasteiger partial charge in [-0.05, 0) is 57.0 Å². The van der Waals surface area contributed by atoms with Gasteiger partial charge in [0.2, 0.25) is 0 Å². The summed E-state index contributed by atoms with van der Waals surface area (Å²) >= 11 is 0. The van der Waals surface area contributed by atoms with Crippen LogP contribution in [0.3, 0.4) is 0 Å². The molecule has 3 unspecified atom stereocenters. The summed E-state index contributed by atoms with van der Waals surface area (Å²) in [7, 11) is 0. The second-order valence-corrected chi connectivity index (χ2v) is 5.32. The fourth-order valence-corrected chi connectivity index (χ4v) is 2.43. The molecule has 0 aromatic carbocycles. The van der Waals surface area contributed by atoms with Crippen molar-refractivity contribution < 1.29 is 4.74 Å². The van der Waals surface area contributed by atoms with E-state index in [-0.39, 0.29) is 0 Å². The summed E-state index contributed by atoms with van der Waals surface area (Å²) in [4.78, 5) is 0. The second-order valence-electron chi connectivity index (χ2n) is 5.32. The Morgan fingerprint density at radius 3 is 2.62 bits per heavy atom. The third kappa shape index (κ3) is 5.31. The largest absolute Gasteiger partial charge is 0.378 e. The minimum absolute atomic E-state index is 0.547. The molecule has 1 rings (SSSR count). The van der Waals surface area contributed by atoms with Crippen molar-refractivity contribution >= 4 is 0 Å². The maximum atomic E-state index is 5.95. The maximum Gasteiger partial charge on any atom is 0.0577 e. The third-order valence-electron chi connectivity index (χ3n) is 3.90. The van der Waals surface area contributed by atoms with E-state index < -0.39 is 0 Å². The summed E-state index contributed by atoms with van der Waals surface area (Å²) in [5.41, 5.74) is 0. The number of hydrogen-bond donors (Lipinski definition) is 1. The minimum Gasteiger partial charge on any atom is -0.378 e. The van der Waals surface area contributed by atoms with Crippen molar-refractivity contribution in [1.29, 1.82) is 0 Å². The fraction of sp³-hybridized carbons (Fsp3) is 1.00. The van der Waals surface area contributed by atoms with Gasteiger partial charge < -0.3 is 10.1 Å². The van der Waals surface area contributed by atoms with Gasteiger partial charge >= 0.3 is 0 Å². The van der Waals surface area contributed by atoms with Crippen LogP contribution in [0.2, 0.25) is 0 Å². The lowest BCUT2D eigenvalue weighted by atomic mass is 9.80. The van der Waals surface area contributed by atoms with E-state index in [0.29, 0.717) is 6.10 Å². The molecule has 1 saturated carbocycles. The third-order valence-corrected chi connectivity index (χ3v) is 3.90. The SMILES string of the molecule is CCNCCCCOC1CCC(C)C(C)C1. The maximum absolute atomic E-state index is 5.95. The van der Waals surface area contributed by atoms with Crippen molar-refractivity contribution in [3.8, 4) is 0 Å². The Morgan fingerprint density at radius 1 is 1.12 bits per heavy atom. The van der Waals surface area contributed by atoms with Gasteiger partial charge in [-0.25, -0.2) is 0 Å². The van der Waals surface area contributed by atoms with E-state index in [9.17, 15) is 0 Å². The van der Waals surface area contributed by atoms with Crippen molar-refractivity contribution in [1.82, 2.24) is 5.32 Å². The lowest BCUT2D eigenvalue weighted by Crippen LogP contribution is -2.27. The molecule has 16 heavy (non-hydrogen) atoms. The summed E-state index contributed by atoms with van der Waals surface area (Å²) < 4.78 is 5.95. The van der Waals surface area contributed by atoms with E-state index in [0.717, 1.165) is 31.5 Å². The Kier molecular flexibility index (Phi) is 7.06. The zero-order valence-electron chi connectivity index (χ0n) is 11.3. The number of rotatable bonds is 7. The van der Waals surface area contributed by atoms with E-state index in [1.54, 1.807) is 0 Å². The molecule has 1 aliphatic rings. The van der Waals surface area contributed by atoms with Gasteiger partial charge in [0.15, 0.2) is 0 Å². The molecule has 0 aromatic rings. The topological polar surface area (TPSA) is 21.3 Å². The first-order chi connectivity index (χ1) is 7.74. The fourth-order valence-electron chi connectivity index (χ4n) is 2.43. The lowest BCUT2D eigenvalue weighted by Gasteiger charge is -2.31. The Hall–Kier alpha value is -0.0800. The van der Waals surface area contributed by atoms with Crippen LogP contribution in [0.15, 0.2) is 0 Å². The van der Waals surface area contributed by atoms with Crippen LogP contribution < -0.4 is 5.32 Å². The second kappa shape index (κ2) is 8.08. The first-order valence-electron chi connectivity index (χ1n) is 7.06. The average Bonchev–Trinajstić information content (AvgIpc) is 2.28. The van der Waals surface area contributed by atoms with Crippen LogP contribution in [0.25, 0.3) is 0 Å². The molecule has 0 spiro atoms. The Bertz CT molecular complexity index is 172. The van der Waals surface area contributed by atoms with Crippen molar-refractivity contribution in [2.45, 2.75) is 59.0 Å². The van der Waals surface area contributed by atoms with Crippen LogP contribution in [-0.4, -0.2) is 25.8 Å². The van der Waals surface area contributed by atoms with Crippen molar-refractivity contribution in [3.63, 3.8) is 0 Å². The van der Waals surface area contributed by atoms with Gasteiger partial charge in [-0.15, -0.1) is 0 Å². The average molecular weight is 227 g/mol. The standard InChI is InChI=1S/C14H29NO/c1-4-15-9-5-6-10-16-14-8-7-12(2)13(3)11-14/h12-15H,4-11H2,1-3H3. The van der Waals surface area contributed by atoms with Crippen LogP contribution in [-0.2, 0) is 4.74 Å². The van der Waals surface area contributed by atoms with Gasteiger partial charge in [-0.1, -0.05) is 20.8 Å². The van der Waals surface area contributed by atoms with Gasteiger partial charge in [-0.3, -0.25) is 0 Å². The zero-order valence-corrected chi connectivity index (χ0v) is 11.3. The minimum atomic E-state index is 0.547. The molecule has 1 N–H and O–H groups in total. The number of unbranched alkanes of at least 4 members (excludes halogenated alkanes) is 1. The van der Waals surface area contributed by atoms with Gasteiger partial charge in [0.25, 0.3) is 0 Å².